The lowest BCUT2D eigenvalue weighted by Gasteiger charge is -2.19. The van der Waals surface area contributed by atoms with Crippen molar-refractivity contribution < 1.29 is 22.7 Å². The van der Waals surface area contributed by atoms with Gasteiger partial charge in [-0.1, -0.05) is 54.6 Å². The van der Waals surface area contributed by atoms with Crippen molar-refractivity contribution in [1.82, 2.24) is 10.0 Å². The number of rotatable bonds is 10. The van der Waals surface area contributed by atoms with Gasteiger partial charge in [0.1, 0.15) is 19.2 Å². The fraction of sp³-hybridized carbons (Fsp3) is 0.273. The normalized spacial score (nSPS) is 12.1. The molecule has 0 saturated carbocycles. The van der Waals surface area contributed by atoms with Gasteiger partial charge in [-0.15, -0.1) is 0 Å². The van der Waals surface area contributed by atoms with Crippen LogP contribution in [0.2, 0.25) is 0 Å². The number of carbonyl (C=O) groups is 2. The Hall–Kier alpha value is -2.97. The summed E-state index contributed by atoms with van der Waals surface area (Å²) in [4.78, 5) is 24.5. The number of aryl methyl sites for hydroxylation is 1. The zero-order valence-corrected chi connectivity index (χ0v) is 17.9. The van der Waals surface area contributed by atoms with E-state index < -0.39 is 27.9 Å². The molecular formula is C22H26N2O5S. The molecule has 0 aromatic heterocycles. The van der Waals surface area contributed by atoms with E-state index in [4.69, 9.17) is 4.74 Å². The predicted octanol–water partition coefficient (Wildman–Crippen LogP) is 2.12. The van der Waals surface area contributed by atoms with Crippen LogP contribution in [0.4, 0.5) is 0 Å². The van der Waals surface area contributed by atoms with Gasteiger partial charge in [0.2, 0.25) is 15.9 Å². The first-order valence-electron chi connectivity index (χ1n) is 9.38. The van der Waals surface area contributed by atoms with Gasteiger partial charge in [-0.2, -0.15) is 4.72 Å². The molecule has 1 amide bonds. The molecule has 0 heterocycles. The standard InChI is InChI=1S/C22H26N2O5S/c1-16(2)15-29-21(25)14-23-22(26)20(13-18-7-5-4-6-8-18)24-30(27,28)19-11-9-17(3)10-12-19/h4-12,20,24H,1,13-15H2,2-3H3,(H,23,26)/t20-/m0/s1. The van der Waals surface area contributed by atoms with Gasteiger partial charge in [0, 0.05) is 0 Å². The summed E-state index contributed by atoms with van der Waals surface area (Å²) in [5.41, 5.74) is 2.36. The van der Waals surface area contributed by atoms with E-state index in [2.05, 4.69) is 16.6 Å². The molecule has 2 N–H and O–H groups in total. The number of ether oxygens (including phenoxy) is 1. The van der Waals surface area contributed by atoms with Crippen LogP contribution in [-0.4, -0.2) is 39.5 Å². The highest BCUT2D eigenvalue weighted by Gasteiger charge is 2.26. The van der Waals surface area contributed by atoms with Gasteiger partial charge in [0.15, 0.2) is 0 Å². The van der Waals surface area contributed by atoms with Crippen molar-refractivity contribution in [2.75, 3.05) is 13.2 Å². The first-order valence-corrected chi connectivity index (χ1v) is 10.9. The maximum atomic E-state index is 12.8. The fourth-order valence-electron chi connectivity index (χ4n) is 2.55. The summed E-state index contributed by atoms with van der Waals surface area (Å²) >= 11 is 0. The Morgan fingerprint density at radius 3 is 2.30 bits per heavy atom. The van der Waals surface area contributed by atoms with Crippen LogP contribution in [0.25, 0.3) is 0 Å². The molecule has 0 spiro atoms. The molecule has 0 fully saturated rings. The number of carbonyl (C=O) groups excluding carboxylic acids is 2. The molecule has 0 unspecified atom stereocenters. The monoisotopic (exact) mass is 430 g/mol. The molecule has 8 heteroatoms. The Morgan fingerprint density at radius 1 is 1.07 bits per heavy atom. The van der Waals surface area contributed by atoms with E-state index in [1.54, 1.807) is 43.3 Å². The maximum Gasteiger partial charge on any atom is 0.325 e. The van der Waals surface area contributed by atoms with Crippen LogP contribution >= 0.6 is 0 Å². The van der Waals surface area contributed by atoms with Gasteiger partial charge in [0.05, 0.1) is 4.90 Å². The van der Waals surface area contributed by atoms with Crippen molar-refractivity contribution in [1.29, 1.82) is 0 Å². The predicted molar refractivity (Wildman–Crippen MR) is 114 cm³/mol. The lowest BCUT2D eigenvalue weighted by atomic mass is 10.1. The molecule has 1 atom stereocenters. The molecule has 0 bridgehead atoms. The van der Waals surface area contributed by atoms with Crippen LogP contribution in [0.15, 0.2) is 71.6 Å². The molecule has 30 heavy (non-hydrogen) atoms. The minimum absolute atomic E-state index is 0.0554. The summed E-state index contributed by atoms with van der Waals surface area (Å²) < 4.78 is 32.9. The van der Waals surface area contributed by atoms with Crippen LogP contribution in [-0.2, 0) is 30.8 Å². The zero-order valence-electron chi connectivity index (χ0n) is 17.1. The molecular weight excluding hydrogens is 404 g/mol. The number of nitrogens with one attached hydrogen (secondary N) is 2. The lowest BCUT2D eigenvalue weighted by molar-refractivity contribution is -0.143. The molecule has 2 rings (SSSR count). The van der Waals surface area contributed by atoms with Gasteiger partial charge >= 0.3 is 5.97 Å². The largest absolute Gasteiger partial charge is 0.460 e. The molecule has 0 aliphatic carbocycles. The summed E-state index contributed by atoms with van der Waals surface area (Å²) in [5.74, 6) is -1.26. The molecule has 0 aliphatic rings. The van der Waals surface area contributed by atoms with Crippen molar-refractivity contribution >= 4 is 21.9 Å². The van der Waals surface area contributed by atoms with Crippen molar-refractivity contribution in [2.24, 2.45) is 0 Å². The second-order valence-corrected chi connectivity index (χ2v) is 8.73. The third-order valence-electron chi connectivity index (χ3n) is 4.11. The second kappa shape index (κ2) is 10.7. The number of amides is 1. The van der Waals surface area contributed by atoms with Gasteiger partial charge in [-0.25, -0.2) is 8.42 Å². The number of sulfonamides is 1. The minimum Gasteiger partial charge on any atom is -0.460 e. The van der Waals surface area contributed by atoms with Crippen LogP contribution in [0.3, 0.4) is 0 Å². The quantitative estimate of drug-likeness (QED) is 0.444. The third kappa shape index (κ3) is 7.46. The van der Waals surface area contributed by atoms with E-state index in [1.807, 2.05) is 13.0 Å². The summed E-state index contributed by atoms with van der Waals surface area (Å²) in [6.07, 6.45) is 0.124. The average Bonchev–Trinajstić information content (AvgIpc) is 2.71. The molecule has 0 radical (unpaired) electrons. The van der Waals surface area contributed by atoms with Crippen LogP contribution < -0.4 is 10.0 Å². The van der Waals surface area contributed by atoms with E-state index in [0.717, 1.165) is 11.1 Å². The van der Waals surface area contributed by atoms with E-state index in [9.17, 15) is 18.0 Å². The summed E-state index contributed by atoms with van der Waals surface area (Å²) in [7, 11) is -3.94. The zero-order chi connectivity index (χ0) is 22.1. The first kappa shape index (κ1) is 23.3. The molecule has 0 saturated heterocycles. The van der Waals surface area contributed by atoms with Crippen LogP contribution in [0.1, 0.15) is 18.1 Å². The van der Waals surface area contributed by atoms with Gasteiger partial charge in [0.25, 0.3) is 0 Å². The third-order valence-corrected chi connectivity index (χ3v) is 5.60. The minimum atomic E-state index is -3.94. The maximum absolute atomic E-state index is 12.8. The van der Waals surface area contributed by atoms with Gasteiger partial charge in [-0.05, 0) is 43.5 Å². The van der Waals surface area contributed by atoms with Gasteiger partial charge in [-0.3, -0.25) is 9.59 Å². The highest BCUT2D eigenvalue weighted by Crippen LogP contribution is 2.12. The smallest absolute Gasteiger partial charge is 0.325 e. The molecule has 0 aliphatic heterocycles. The Labute approximate surface area is 177 Å². The van der Waals surface area contributed by atoms with E-state index in [-0.39, 0.29) is 24.5 Å². The first-order chi connectivity index (χ1) is 14.2. The molecule has 2 aromatic carbocycles. The second-order valence-electron chi connectivity index (χ2n) is 7.01. The number of benzene rings is 2. The van der Waals surface area contributed by atoms with Crippen LogP contribution in [0.5, 0.6) is 0 Å². The van der Waals surface area contributed by atoms with Crippen molar-refractivity contribution in [3.05, 3.63) is 77.9 Å². The fourth-order valence-corrected chi connectivity index (χ4v) is 3.74. The summed E-state index contributed by atoms with van der Waals surface area (Å²) in [6.45, 7) is 6.88. The summed E-state index contributed by atoms with van der Waals surface area (Å²) in [6, 6.07) is 14.2. The molecule has 2 aromatic rings. The Morgan fingerprint density at radius 2 is 1.70 bits per heavy atom. The Bertz CT molecular complexity index is 986. The number of hydrogen-bond acceptors (Lipinski definition) is 5. The number of esters is 1. The van der Waals surface area contributed by atoms with Crippen LogP contribution in [0, 0.1) is 6.92 Å². The number of hydrogen-bond donors (Lipinski definition) is 2. The van der Waals surface area contributed by atoms with E-state index >= 15 is 0 Å². The van der Waals surface area contributed by atoms with E-state index in [0.29, 0.717) is 5.57 Å². The Kier molecular flexibility index (Phi) is 8.32. The Balaban J connectivity index is 2.13. The molecule has 7 nitrogen and oxygen atoms in total. The lowest BCUT2D eigenvalue weighted by Crippen LogP contribution is -2.49. The summed E-state index contributed by atoms with van der Waals surface area (Å²) in [5, 5.41) is 2.44. The van der Waals surface area contributed by atoms with Gasteiger partial charge < -0.3 is 10.1 Å². The van der Waals surface area contributed by atoms with E-state index in [1.165, 1.54) is 12.1 Å². The SMILES string of the molecule is C=C(C)COC(=O)CNC(=O)[C@H](Cc1ccccc1)NS(=O)(=O)c1ccc(C)cc1. The highest BCUT2D eigenvalue weighted by molar-refractivity contribution is 7.89. The average molecular weight is 431 g/mol. The van der Waals surface area contributed by atoms with Crippen molar-refractivity contribution in [2.45, 2.75) is 31.2 Å². The van der Waals surface area contributed by atoms with Crippen molar-refractivity contribution in [3.8, 4) is 0 Å². The highest BCUT2D eigenvalue weighted by atomic mass is 32.2. The topological polar surface area (TPSA) is 102 Å². The molecule has 160 valence electrons. The van der Waals surface area contributed by atoms with Crippen molar-refractivity contribution in [3.63, 3.8) is 0 Å².